The summed E-state index contributed by atoms with van der Waals surface area (Å²) in [4.78, 5) is 26.1. The third-order valence-corrected chi connectivity index (χ3v) is 10.1. The second-order valence-electron chi connectivity index (χ2n) is 13.6. The fourth-order valence-electron chi connectivity index (χ4n) is 8.23. The molecule has 2 unspecified atom stereocenters. The quantitative estimate of drug-likeness (QED) is 0.177. The highest BCUT2D eigenvalue weighted by atomic mass is 16.5. The smallest absolute Gasteiger partial charge is 0.335 e. The van der Waals surface area contributed by atoms with Crippen LogP contribution >= 0.6 is 0 Å². The molecule has 0 aliphatic heterocycles. The summed E-state index contributed by atoms with van der Waals surface area (Å²) in [5.41, 5.74) is 2.90. The minimum absolute atomic E-state index is 0.0629. The predicted molar refractivity (Wildman–Crippen MR) is 186 cm³/mol. The highest BCUT2D eigenvalue weighted by Crippen LogP contribution is 2.56. The number of benzene rings is 4. The number of amides is 1. The van der Waals surface area contributed by atoms with Crippen molar-refractivity contribution in [1.29, 1.82) is 0 Å². The number of nitrogens with zero attached hydrogens (tertiary/aromatic N) is 1. The second-order valence-corrected chi connectivity index (χ2v) is 13.6. The molecule has 4 aliphatic rings. The standard InChI is InChI=1S/C26H31NO3.C15H14O3/c1-27(24-21-12-19-13-22(24)17-26(29,15-19)16-21)25(28)20-8-5-9-23(14-20)30-11-10-18-6-3-2-4-7-18;16-15(17)13-7-4-8-14(11-13)18-10-9-12-5-2-1-3-6-12/h2-9,14,19,21-22,24,29H,10-13,15-17H2,1H3;1-8,11H,9-10H2,(H,16,17). The van der Waals surface area contributed by atoms with Gasteiger partial charge in [0.2, 0.25) is 0 Å². The SMILES string of the molecule is CN(C(=O)c1cccc(OCCc2ccccc2)c1)C1C2CC3CC1CC(O)(C3)C2.O=C(O)c1cccc(OCCc2ccccc2)c1. The monoisotopic (exact) mass is 647 g/mol. The van der Waals surface area contributed by atoms with Crippen LogP contribution < -0.4 is 9.47 Å². The van der Waals surface area contributed by atoms with Crippen LogP contribution in [0.3, 0.4) is 0 Å². The van der Waals surface area contributed by atoms with Crippen molar-refractivity contribution in [3.8, 4) is 11.5 Å². The minimum Gasteiger partial charge on any atom is -0.493 e. The van der Waals surface area contributed by atoms with E-state index in [1.54, 1.807) is 18.2 Å². The van der Waals surface area contributed by atoms with E-state index < -0.39 is 11.6 Å². The third kappa shape index (κ3) is 8.26. The van der Waals surface area contributed by atoms with Gasteiger partial charge in [-0.15, -0.1) is 0 Å². The van der Waals surface area contributed by atoms with Gasteiger partial charge >= 0.3 is 5.97 Å². The predicted octanol–water partition coefficient (Wildman–Crippen LogP) is 7.33. The Labute approximate surface area is 283 Å². The molecule has 4 aromatic carbocycles. The Hall–Kier alpha value is -4.62. The average molecular weight is 648 g/mol. The highest BCUT2D eigenvalue weighted by Gasteiger charge is 2.56. The van der Waals surface area contributed by atoms with Crippen LogP contribution in [0.4, 0.5) is 0 Å². The summed E-state index contributed by atoms with van der Waals surface area (Å²) in [6.07, 6.45) is 6.63. The van der Waals surface area contributed by atoms with E-state index >= 15 is 0 Å². The number of rotatable bonds is 11. The summed E-state index contributed by atoms with van der Waals surface area (Å²) >= 11 is 0. The molecule has 2 atom stereocenters. The fraction of sp³-hybridized carbons (Fsp3) is 0.366. The normalized spacial score (nSPS) is 23.5. The number of aliphatic hydroxyl groups is 1. The number of aromatic carboxylic acids is 1. The van der Waals surface area contributed by atoms with Crippen LogP contribution in [-0.4, -0.2) is 58.9 Å². The van der Waals surface area contributed by atoms with Gasteiger partial charge in [0.25, 0.3) is 5.91 Å². The Morgan fingerprint density at radius 1 is 0.708 bits per heavy atom. The van der Waals surface area contributed by atoms with Gasteiger partial charge in [-0.25, -0.2) is 4.79 Å². The molecule has 4 aromatic rings. The van der Waals surface area contributed by atoms with E-state index in [2.05, 4.69) is 12.1 Å². The summed E-state index contributed by atoms with van der Waals surface area (Å²) in [5, 5.41) is 19.7. The molecule has 4 fully saturated rings. The molecule has 8 rings (SSSR count). The molecule has 0 saturated heterocycles. The molecule has 0 radical (unpaired) electrons. The lowest BCUT2D eigenvalue weighted by atomic mass is 9.52. The largest absolute Gasteiger partial charge is 0.493 e. The molecule has 7 heteroatoms. The zero-order chi connectivity index (χ0) is 33.5. The molecule has 1 amide bonds. The summed E-state index contributed by atoms with van der Waals surface area (Å²) in [6, 6.07) is 34.6. The minimum atomic E-state index is -0.941. The van der Waals surface area contributed by atoms with Gasteiger partial charge in [0.15, 0.2) is 0 Å². The maximum Gasteiger partial charge on any atom is 0.335 e. The number of carboxylic acids is 1. The number of ether oxygens (including phenoxy) is 2. The van der Waals surface area contributed by atoms with Crippen molar-refractivity contribution >= 4 is 11.9 Å². The maximum atomic E-state index is 13.3. The Kier molecular flexibility index (Phi) is 10.5. The number of carbonyl (C=O) groups is 2. The molecule has 4 saturated carbocycles. The van der Waals surface area contributed by atoms with Crippen LogP contribution in [0, 0.1) is 17.8 Å². The molecule has 4 aliphatic carbocycles. The van der Waals surface area contributed by atoms with Crippen molar-refractivity contribution in [2.75, 3.05) is 20.3 Å². The van der Waals surface area contributed by atoms with Gasteiger partial charge in [-0.3, -0.25) is 4.79 Å². The number of hydrogen-bond acceptors (Lipinski definition) is 5. The third-order valence-electron chi connectivity index (χ3n) is 10.1. The second kappa shape index (κ2) is 15.1. The Balaban J connectivity index is 0.000000191. The van der Waals surface area contributed by atoms with Gasteiger partial charge in [-0.05, 0) is 97.4 Å². The van der Waals surface area contributed by atoms with Gasteiger partial charge in [-0.2, -0.15) is 0 Å². The Morgan fingerprint density at radius 3 is 1.71 bits per heavy atom. The lowest BCUT2D eigenvalue weighted by molar-refractivity contribution is -0.152. The topological polar surface area (TPSA) is 96.3 Å². The number of hydrogen-bond donors (Lipinski definition) is 2. The number of carboxylic acid groups (broad SMARTS) is 1. The van der Waals surface area contributed by atoms with Crippen LogP contribution in [-0.2, 0) is 12.8 Å². The van der Waals surface area contributed by atoms with Crippen LogP contribution in [0.2, 0.25) is 0 Å². The summed E-state index contributed by atoms with van der Waals surface area (Å²) in [7, 11) is 1.95. The molecule has 7 nitrogen and oxygen atoms in total. The van der Waals surface area contributed by atoms with Crippen LogP contribution in [0.15, 0.2) is 109 Å². The fourth-order valence-corrected chi connectivity index (χ4v) is 8.23. The lowest BCUT2D eigenvalue weighted by Gasteiger charge is -2.59. The highest BCUT2D eigenvalue weighted by molar-refractivity contribution is 5.94. The first-order valence-electron chi connectivity index (χ1n) is 17.0. The first-order chi connectivity index (χ1) is 23.3. The van der Waals surface area contributed by atoms with E-state index in [0.717, 1.165) is 50.7 Å². The van der Waals surface area contributed by atoms with Crippen LogP contribution in [0.5, 0.6) is 11.5 Å². The molecular formula is C41H45NO6. The Bertz CT molecular complexity index is 1660. The van der Waals surface area contributed by atoms with Crippen molar-refractivity contribution in [2.24, 2.45) is 17.8 Å². The van der Waals surface area contributed by atoms with Crippen LogP contribution in [0.1, 0.15) is 63.9 Å². The lowest BCUT2D eigenvalue weighted by Crippen LogP contribution is -2.61. The van der Waals surface area contributed by atoms with Gasteiger partial charge < -0.3 is 24.6 Å². The van der Waals surface area contributed by atoms with E-state index in [9.17, 15) is 14.7 Å². The average Bonchev–Trinajstić information content (AvgIpc) is 3.08. The van der Waals surface area contributed by atoms with Gasteiger partial charge in [0.1, 0.15) is 11.5 Å². The first-order valence-corrected chi connectivity index (χ1v) is 17.0. The zero-order valence-electron chi connectivity index (χ0n) is 27.5. The van der Waals surface area contributed by atoms with E-state index in [1.807, 2.05) is 84.7 Å². The molecule has 4 bridgehead atoms. The summed E-state index contributed by atoms with van der Waals surface area (Å²) < 4.78 is 11.5. The van der Waals surface area contributed by atoms with Gasteiger partial charge in [0.05, 0.1) is 24.4 Å². The molecule has 0 heterocycles. The van der Waals surface area contributed by atoms with Gasteiger partial charge in [0, 0.05) is 31.5 Å². The molecule has 0 aromatic heterocycles. The summed E-state index contributed by atoms with van der Waals surface area (Å²) in [6.45, 7) is 1.12. The summed E-state index contributed by atoms with van der Waals surface area (Å²) in [5.74, 6) is 1.96. The first kappa shape index (κ1) is 33.3. The molecule has 250 valence electrons. The van der Waals surface area contributed by atoms with E-state index in [4.69, 9.17) is 14.6 Å². The van der Waals surface area contributed by atoms with E-state index in [1.165, 1.54) is 17.2 Å². The molecular weight excluding hydrogens is 602 g/mol. The molecule has 2 N–H and O–H groups in total. The van der Waals surface area contributed by atoms with Crippen molar-refractivity contribution in [2.45, 2.75) is 56.6 Å². The maximum absolute atomic E-state index is 13.3. The van der Waals surface area contributed by atoms with Crippen molar-refractivity contribution in [3.63, 3.8) is 0 Å². The zero-order valence-corrected chi connectivity index (χ0v) is 27.5. The van der Waals surface area contributed by atoms with E-state index in [0.29, 0.717) is 42.3 Å². The molecule has 0 spiro atoms. The molecule has 48 heavy (non-hydrogen) atoms. The van der Waals surface area contributed by atoms with E-state index in [-0.39, 0.29) is 17.5 Å². The van der Waals surface area contributed by atoms with Crippen LogP contribution in [0.25, 0.3) is 0 Å². The number of carbonyl (C=O) groups excluding carboxylic acids is 1. The van der Waals surface area contributed by atoms with Crippen molar-refractivity contribution in [1.82, 2.24) is 4.90 Å². The van der Waals surface area contributed by atoms with Crippen molar-refractivity contribution in [3.05, 3.63) is 131 Å². The van der Waals surface area contributed by atoms with Crippen molar-refractivity contribution < 1.29 is 29.3 Å². The van der Waals surface area contributed by atoms with Gasteiger partial charge in [-0.1, -0.05) is 72.8 Å². The Morgan fingerprint density at radius 2 is 1.21 bits per heavy atom.